The number of fused-ring (bicyclic) bond motifs is 1. The lowest BCUT2D eigenvalue weighted by Crippen LogP contribution is -2.06. The topological polar surface area (TPSA) is 106 Å². The number of methoxy groups -OCH3 is 3. The summed E-state index contributed by atoms with van der Waals surface area (Å²) in [6.07, 6.45) is 0. The van der Waals surface area contributed by atoms with Crippen molar-refractivity contribution >= 4 is 22.6 Å². The molecule has 3 aromatic rings. The Morgan fingerprint density at radius 3 is 2.56 bits per heavy atom. The molecule has 9 heteroatoms. The number of hydrogen-bond acceptors (Lipinski definition) is 7. The molecule has 3 rings (SSSR count). The Kier molecular flexibility index (Phi) is 4.93. The smallest absolute Gasteiger partial charge is 0.337 e. The number of ether oxygens (including phenoxy) is 3. The van der Waals surface area contributed by atoms with E-state index in [1.54, 1.807) is 28.9 Å². The molecule has 0 atom stereocenters. The fourth-order valence-corrected chi connectivity index (χ4v) is 2.80. The van der Waals surface area contributed by atoms with Crippen LogP contribution in [0.15, 0.2) is 36.4 Å². The fourth-order valence-electron chi connectivity index (χ4n) is 2.80. The van der Waals surface area contributed by atoms with Crippen molar-refractivity contribution in [1.82, 2.24) is 9.78 Å². The second-order valence-electron chi connectivity index (χ2n) is 5.64. The Morgan fingerprint density at radius 1 is 1.15 bits per heavy atom. The van der Waals surface area contributed by atoms with Crippen LogP contribution in [0.3, 0.4) is 0 Å². The summed E-state index contributed by atoms with van der Waals surface area (Å²) < 4.78 is 17.0. The number of rotatable bonds is 6. The van der Waals surface area contributed by atoms with Crippen molar-refractivity contribution in [2.24, 2.45) is 0 Å². The molecule has 27 heavy (non-hydrogen) atoms. The van der Waals surface area contributed by atoms with E-state index in [9.17, 15) is 14.9 Å². The molecule has 0 N–H and O–H groups in total. The summed E-state index contributed by atoms with van der Waals surface area (Å²) >= 11 is 0. The zero-order chi connectivity index (χ0) is 19.6. The molecule has 0 saturated carbocycles. The number of nitro benzene ring substituents is 1. The molecule has 1 aromatic heterocycles. The number of hydrogen-bond donors (Lipinski definition) is 0. The molecule has 0 aliphatic carbocycles. The molecule has 2 aromatic carbocycles. The average Bonchev–Trinajstić information content (AvgIpc) is 3.04. The van der Waals surface area contributed by atoms with Gasteiger partial charge in [0.2, 0.25) is 5.88 Å². The minimum Gasteiger partial charge on any atom is -0.496 e. The Morgan fingerprint density at radius 2 is 1.93 bits per heavy atom. The van der Waals surface area contributed by atoms with Crippen LogP contribution in [-0.2, 0) is 11.3 Å². The van der Waals surface area contributed by atoms with Gasteiger partial charge in [-0.25, -0.2) is 4.79 Å². The maximum Gasteiger partial charge on any atom is 0.337 e. The van der Waals surface area contributed by atoms with Crippen molar-refractivity contribution in [3.63, 3.8) is 0 Å². The molecule has 0 saturated heterocycles. The van der Waals surface area contributed by atoms with Crippen LogP contribution in [0, 0.1) is 10.1 Å². The largest absolute Gasteiger partial charge is 0.496 e. The number of carbonyl (C=O) groups excluding carboxylic acids is 1. The molecule has 0 fully saturated rings. The predicted octanol–water partition coefficient (Wildman–Crippen LogP) is 2.80. The van der Waals surface area contributed by atoms with Gasteiger partial charge in [-0.1, -0.05) is 6.07 Å². The monoisotopic (exact) mass is 371 g/mol. The van der Waals surface area contributed by atoms with Crippen molar-refractivity contribution in [3.05, 3.63) is 57.6 Å². The van der Waals surface area contributed by atoms with E-state index in [1.807, 2.05) is 0 Å². The maximum absolute atomic E-state index is 11.7. The summed E-state index contributed by atoms with van der Waals surface area (Å²) in [4.78, 5) is 22.3. The van der Waals surface area contributed by atoms with Gasteiger partial charge < -0.3 is 14.2 Å². The van der Waals surface area contributed by atoms with Crippen LogP contribution in [0.1, 0.15) is 15.9 Å². The molecule has 0 amide bonds. The number of carbonyl (C=O) groups is 1. The Bertz CT molecular complexity index is 1030. The molecule has 0 bridgehead atoms. The van der Waals surface area contributed by atoms with Crippen LogP contribution in [0.5, 0.6) is 11.6 Å². The summed E-state index contributed by atoms with van der Waals surface area (Å²) in [7, 11) is 4.28. The van der Waals surface area contributed by atoms with Crippen molar-refractivity contribution in [2.45, 2.75) is 6.54 Å². The molecular formula is C18H17N3O6. The van der Waals surface area contributed by atoms with E-state index in [1.165, 1.54) is 33.5 Å². The number of esters is 1. The SMILES string of the molecule is COC(=O)c1ccc(Cn2nc(OC)c3ccc([N+](=O)[O-])cc32)c(OC)c1. The van der Waals surface area contributed by atoms with Crippen LogP contribution >= 0.6 is 0 Å². The first-order valence-electron chi connectivity index (χ1n) is 7.92. The Balaban J connectivity index is 2.07. The molecule has 0 aliphatic heterocycles. The van der Waals surface area contributed by atoms with Crippen LogP contribution in [-0.4, -0.2) is 42.0 Å². The first-order valence-corrected chi connectivity index (χ1v) is 7.92. The van der Waals surface area contributed by atoms with Gasteiger partial charge in [0.15, 0.2) is 0 Å². The van der Waals surface area contributed by atoms with E-state index < -0.39 is 10.9 Å². The number of nitrogens with zero attached hydrogens (tertiary/aromatic N) is 3. The standard InChI is InChI=1S/C18H17N3O6/c1-25-16-8-11(18(22)27-3)4-5-12(16)10-20-15-9-13(21(23)24)6-7-14(15)17(19-20)26-2/h4-9H,10H2,1-3H3. The Hall–Kier alpha value is -3.62. The molecule has 0 spiro atoms. The highest BCUT2D eigenvalue weighted by molar-refractivity contribution is 5.90. The summed E-state index contributed by atoms with van der Waals surface area (Å²) in [5.74, 6) is 0.373. The third-order valence-corrected chi connectivity index (χ3v) is 4.13. The van der Waals surface area contributed by atoms with Crippen LogP contribution in [0.25, 0.3) is 10.9 Å². The third kappa shape index (κ3) is 3.39. The molecular weight excluding hydrogens is 354 g/mol. The normalized spacial score (nSPS) is 10.6. The third-order valence-electron chi connectivity index (χ3n) is 4.13. The first kappa shape index (κ1) is 18.2. The summed E-state index contributed by atoms with van der Waals surface area (Å²) in [6, 6.07) is 9.38. The predicted molar refractivity (Wildman–Crippen MR) is 96.4 cm³/mol. The second-order valence-corrected chi connectivity index (χ2v) is 5.64. The maximum atomic E-state index is 11.7. The summed E-state index contributed by atoms with van der Waals surface area (Å²) in [5, 5.41) is 16.1. The lowest BCUT2D eigenvalue weighted by molar-refractivity contribution is -0.384. The number of non-ortho nitro benzene ring substituents is 1. The number of benzene rings is 2. The highest BCUT2D eigenvalue weighted by atomic mass is 16.6. The van der Waals surface area contributed by atoms with Gasteiger partial charge in [-0.05, 0) is 18.2 Å². The molecule has 1 heterocycles. The van der Waals surface area contributed by atoms with Crippen molar-refractivity contribution in [1.29, 1.82) is 0 Å². The van der Waals surface area contributed by atoms with Gasteiger partial charge in [0.1, 0.15) is 5.75 Å². The molecule has 0 aliphatic rings. The fraction of sp³-hybridized carbons (Fsp3) is 0.222. The van der Waals surface area contributed by atoms with E-state index >= 15 is 0 Å². The van der Waals surface area contributed by atoms with Gasteiger partial charge >= 0.3 is 5.97 Å². The van der Waals surface area contributed by atoms with E-state index in [4.69, 9.17) is 14.2 Å². The van der Waals surface area contributed by atoms with E-state index in [0.29, 0.717) is 28.1 Å². The van der Waals surface area contributed by atoms with Crippen molar-refractivity contribution in [2.75, 3.05) is 21.3 Å². The number of nitro groups is 1. The zero-order valence-electron chi connectivity index (χ0n) is 15.0. The van der Waals surface area contributed by atoms with Crippen molar-refractivity contribution in [3.8, 4) is 11.6 Å². The van der Waals surface area contributed by atoms with Gasteiger partial charge in [0.05, 0.1) is 49.3 Å². The number of aromatic nitrogens is 2. The quantitative estimate of drug-likeness (QED) is 0.373. The molecule has 140 valence electrons. The lowest BCUT2D eigenvalue weighted by atomic mass is 10.1. The van der Waals surface area contributed by atoms with Gasteiger partial charge in [-0.2, -0.15) is 0 Å². The van der Waals surface area contributed by atoms with Gasteiger partial charge in [0, 0.05) is 17.7 Å². The lowest BCUT2D eigenvalue weighted by Gasteiger charge is -2.11. The molecule has 0 unspecified atom stereocenters. The van der Waals surface area contributed by atoms with Gasteiger partial charge in [-0.3, -0.25) is 14.8 Å². The summed E-state index contributed by atoms with van der Waals surface area (Å²) in [6.45, 7) is 0.269. The molecule has 0 radical (unpaired) electrons. The zero-order valence-corrected chi connectivity index (χ0v) is 15.0. The van der Waals surface area contributed by atoms with E-state index in [0.717, 1.165) is 5.56 Å². The van der Waals surface area contributed by atoms with Crippen molar-refractivity contribution < 1.29 is 23.9 Å². The second kappa shape index (κ2) is 7.32. The van der Waals surface area contributed by atoms with Crippen LogP contribution in [0.2, 0.25) is 0 Å². The molecule has 9 nitrogen and oxygen atoms in total. The minimum absolute atomic E-state index is 0.0423. The van der Waals surface area contributed by atoms with Gasteiger partial charge in [-0.15, -0.1) is 5.10 Å². The Labute approximate surface area is 154 Å². The highest BCUT2D eigenvalue weighted by Crippen LogP contribution is 2.30. The minimum atomic E-state index is -0.471. The van der Waals surface area contributed by atoms with Crippen LogP contribution in [0.4, 0.5) is 5.69 Å². The highest BCUT2D eigenvalue weighted by Gasteiger charge is 2.17. The van der Waals surface area contributed by atoms with E-state index in [2.05, 4.69) is 5.10 Å². The average molecular weight is 371 g/mol. The summed E-state index contributed by atoms with van der Waals surface area (Å²) in [5.41, 5.74) is 1.61. The van der Waals surface area contributed by atoms with Gasteiger partial charge in [0.25, 0.3) is 5.69 Å². The first-order chi connectivity index (χ1) is 13.0. The van der Waals surface area contributed by atoms with E-state index in [-0.39, 0.29) is 12.2 Å². The van der Waals surface area contributed by atoms with Crippen LogP contribution < -0.4 is 9.47 Å².